The number of carbonyl (C=O) groups is 3. The van der Waals surface area contributed by atoms with Crippen molar-refractivity contribution >= 4 is 35.0 Å². The van der Waals surface area contributed by atoms with E-state index in [1.807, 2.05) is 47.5 Å². The molecule has 36 heavy (non-hydrogen) atoms. The van der Waals surface area contributed by atoms with Crippen LogP contribution in [0.4, 0.5) is 11.4 Å². The van der Waals surface area contributed by atoms with Crippen LogP contribution in [0.5, 0.6) is 0 Å². The summed E-state index contributed by atoms with van der Waals surface area (Å²) in [5, 5.41) is 11.2. The van der Waals surface area contributed by atoms with E-state index < -0.39 is 40.7 Å². The zero-order valence-corrected chi connectivity index (χ0v) is 19.3. The van der Waals surface area contributed by atoms with Crippen molar-refractivity contribution in [2.45, 2.75) is 19.0 Å². The van der Waals surface area contributed by atoms with Crippen molar-refractivity contribution in [2.24, 2.45) is 11.8 Å². The van der Waals surface area contributed by atoms with Crippen molar-refractivity contribution in [2.75, 3.05) is 4.90 Å². The van der Waals surface area contributed by atoms with Crippen molar-refractivity contribution in [1.82, 2.24) is 4.90 Å². The monoisotopic (exact) mass is 479 g/mol. The third-order valence-corrected chi connectivity index (χ3v) is 7.42. The van der Waals surface area contributed by atoms with Gasteiger partial charge in [0.2, 0.25) is 11.8 Å². The Morgan fingerprint density at radius 1 is 0.917 bits per heavy atom. The molecule has 4 atom stereocenters. The van der Waals surface area contributed by atoms with E-state index in [2.05, 4.69) is 0 Å². The van der Waals surface area contributed by atoms with Gasteiger partial charge in [0.15, 0.2) is 5.78 Å². The van der Waals surface area contributed by atoms with Crippen molar-refractivity contribution in [3.63, 3.8) is 0 Å². The number of Topliss-reactive ketones (excluding diaryl/α,β-unsaturated/α-hetero) is 1. The van der Waals surface area contributed by atoms with E-state index in [-0.39, 0.29) is 11.5 Å². The maximum atomic E-state index is 13.9. The number of non-ortho nitro benzene ring substituents is 1. The highest BCUT2D eigenvalue weighted by atomic mass is 16.6. The van der Waals surface area contributed by atoms with Crippen LogP contribution in [0.3, 0.4) is 0 Å². The number of amides is 2. The Balaban J connectivity index is 1.49. The van der Waals surface area contributed by atoms with Crippen LogP contribution in [0.1, 0.15) is 33.1 Å². The van der Waals surface area contributed by atoms with E-state index in [1.165, 1.54) is 18.2 Å². The number of aryl methyl sites for hydroxylation is 1. The summed E-state index contributed by atoms with van der Waals surface area (Å²) in [5.74, 6) is -2.74. The lowest BCUT2D eigenvalue weighted by Crippen LogP contribution is -2.44. The fourth-order valence-electron chi connectivity index (χ4n) is 5.87. The maximum Gasteiger partial charge on any atom is 0.269 e. The smallest absolute Gasteiger partial charge is 0.269 e. The van der Waals surface area contributed by atoms with Crippen LogP contribution in [-0.4, -0.2) is 33.5 Å². The molecular formula is C28H21N3O5. The van der Waals surface area contributed by atoms with Crippen LogP contribution in [0.25, 0.3) is 6.08 Å². The normalized spacial score (nSPS) is 23.9. The number of imide groups is 1. The fraction of sp³-hybridized carbons (Fsp3) is 0.179. The summed E-state index contributed by atoms with van der Waals surface area (Å²) < 4.78 is 0. The summed E-state index contributed by atoms with van der Waals surface area (Å²) in [6.45, 7) is 1.63. The minimum atomic E-state index is -0.888. The van der Waals surface area contributed by atoms with Gasteiger partial charge < -0.3 is 4.90 Å². The Morgan fingerprint density at radius 2 is 1.61 bits per heavy atom. The molecule has 6 rings (SSSR count). The Labute approximate surface area is 206 Å². The molecule has 8 heteroatoms. The molecule has 2 amide bonds. The molecule has 0 spiro atoms. The molecule has 3 aromatic rings. The third kappa shape index (κ3) is 3.04. The van der Waals surface area contributed by atoms with Gasteiger partial charge in [-0.05, 0) is 35.8 Å². The van der Waals surface area contributed by atoms with Gasteiger partial charge in [-0.2, -0.15) is 0 Å². The molecule has 0 aliphatic carbocycles. The minimum absolute atomic E-state index is 0.120. The van der Waals surface area contributed by atoms with Gasteiger partial charge in [0, 0.05) is 23.9 Å². The molecule has 2 fully saturated rings. The molecule has 3 heterocycles. The van der Waals surface area contributed by atoms with Gasteiger partial charge in [-0.1, -0.05) is 54.6 Å². The summed E-state index contributed by atoms with van der Waals surface area (Å²) in [6.07, 6.45) is 3.73. The Hall–Kier alpha value is -4.59. The highest BCUT2D eigenvalue weighted by molar-refractivity contribution is 6.25. The van der Waals surface area contributed by atoms with E-state index in [1.54, 1.807) is 31.2 Å². The van der Waals surface area contributed by atoms with Gasteiger partial charge >= 0.3 is 0 Å². The van der Waals surface area contributed by atoms with E-state index in [4.69, 9.17) is 0 Å². The van der Waals surface area contributed by atoms with Crippen LogP contribution in [0.15, 0.2) is 79.0 Å². The minimum Gasteiger partial charge on any atom is -0.358 e. The van der Waals surface area contributed by atoms with E-state index in [9.17, 15) is 24.5 Å². The molecule has 0 radical (unpaired) electrons. The molecule has 3 aromatic carbocycles. The molecule has 3 aliphatic heterocycles. The van der Waals surface area contributed by atoms with Gasteiger partial charge in [0.05, 0.1) is 28.5 Å². The zero-order valence-electron chi connectivity index (χ0n) is 19.3. The summed E-state index contributed by atoms with van der Waals surface area (Å²) >= 11 is 0. The van der Waals surface area contributed by atoms with Gasteiger partial charge in [-0.3, -0.25) is 24.5 Å². The van der Waals surface area contributed by atoms with Gasteiger partial charge in [0.25, 0.3) is 5.69 Å². The number of carbonyl (C=O) groups excluding carboxylic acids is 3. The van der Waals surface area contributed by atoms with Crippen molar-refractivity contribution < 1.29 is 19.3 Å². The first-order chi connectivity index (χ1) is 17.4. The average molecular weight is 479 g/mol. The Kier molecular flexibility index (Phi) is 4.86. The SMILES string of the molecule is Cc1cc([N+](=O)[O-])ccc1N1C(=O)[C@@H]2[C@H](C1=O)[C@@H]1c3ccccc3C=CN1[C@H]2C(=O)c1ccccc1. The van der Waals surface area contributed by atoms with Gasteiger partial charge in [0.1, 0.15) is 6.04 Å². The molecule has 0 saturated carbocycles. The number of anilines is 1. The summed E-state index contributed by atoms with van der Waals surface area (Å²) in [5.41, 5.74) is 2.93. The van der Waals surface area contributed by atoms with Crippen LogP contribution < -0.4 is 4.90 Å². The first-order valence-electron chi connectivity index (χ1n) is 11.6. The zero-order chi connectivity index (χ0) is 25.1. The quantitative estimate of drug-likeness (QED) is 0.239. The highest BCUT2D eigenvalue weighted by Crippen LogP contribution is 2.54. The number of nitrogens with zero attached hydrogens (tertiary/aromatic N) is 3. The number of hydrogen-bond acceptors (Lipinski definition) is 6. The first-order valence-corrected chi connectivity index (χ1v) is 11.6. The standard InChI is InChI=1S/C28H21N3O5/c1-16-15-19(31(35)36)11-12-21(16)30-27(33)22-23(28(30)34)25(26(32)18-8-3-2-4-9-18)29-14-13-17-7-5-6-10-20(17)24(22)29/h2-15,22-25H,1H3/t22-,23+,24-,25+/m0/s1. The van der Waals surface area contributed by atoms with E-state index in [0.717, 1.165) is 16.0 Å². The van der Waals surface area contributed by atoms with Crippen LogP contribution in [-0.2, 0) is 9.59 Å². The van der Waals surface area contributed by atoms with Crippen LogP contribution >= 0.6 is 0 Å². The molecular weight excluding hydrogens is 458 g/mol. The molecule has 0 N–H and O–H groups in total. The third-order valence-electron chi connectivity index (χ3n) is 7.42. The number of ketones is 1. The Bertz CT molecular complexity index is 1480. The number of fused-ring (bicyclic) bond motifs is 5. The predicted molar refractivity (Wildman–Crippen MR) is 132 cm³/mol. The van der Waals surface area contributed by atoms with Gasteiger partial charge in [-0.15, -0.1) is 0 Å². The highest BCUT2D eigenvalue weighted by Gasteiger charge is 2.64. The number of benzene rings is 3. The largest absolute Gasteiger partial charge is 0.358 e. The molecule has 178 valence electrons. The molecule has 0 unspecified atom stereocenters. The van der Waals surface area contributed by atoms with Crippen molar-refractivity contribution in [1.29, 1.82) is 0 Å². The molecule has 3 aliphatic rings. The van der Waals surface area contributed by atoms with Crippen LogP contribution in [0, 0.1) is 28.9 Å². The number of rotatable bonds is 4. The number of nitro benzene ring substituents is 1. The average Bonchev–Trinajstić information content (AvgIpc) is 3.36. The molecule has 0 bridgehead atoms. The predicted octanol–water partition coefficient (Wildman–Crippen LogP) is 4.30. The molecule has 2 saturated heterocycles. The lowest BCUT2D eigenvalue weighted by molar-refractivity contribution is -0.384. The van der Waals surface area contributed by atoms with E-state index >= 15 is 0 Å². The summed E-state index contributed by atoms with van der Waals surface area (Å²) in [7, 11) is 0. The molecule has 0 aromatic heterocycles. The van der Waals surface area contributed by atoms with E-state index in [0.29, 0.717) is 16.8 Å². The summed E-state index contributed by atoms with van der Waals surface area (Å²) in [6, 6.07) is 19.2. The summed E-state index contributed by atoms with van der Waals surface area (Å²) in [4.78, 5) is 55.4. The van der Waals surface area contributed by atoms with Crippen molar-refractivity contribution in [3.05, 3.63) is 111 Å². The molecule has 8 nitrogen and oxygen atoms in total. The fourth-order valence-corrected chi connectivity index (χ4v) is 5.87. The van der Waals surface area contributed by atoms with Crippen molar-refractivity contribution in [3.8, 4) is 0 Å². The van der Waals surface area contributed by atoms with Crippen LogP contribution in [0.2, 0.25) is 0 Å². The second kappa shape index (κ2) is 7.98. The maximum absolute atomic E-state index is 13.9. The number of hydrogen-bond donors (Lipinski definition) is 0. The topological polar surface area (TPSA) is 101 Å². The Morgan fingerprint density at radius 3 is 2.33 bits per heavy atom. The second-order valence-electron chi connectivity index (χ2n) is 9.30. The second-order valence-corrected chi connectivity index (χ2v) is 9.30. The first kappa shape index (κ1) is 21.9. The lowest BCUT2D eigenvalue weighted by atomic mass is 9.83. The van der Waals surface area contributed by atoms with Gasteiger partial charge in [-0.25, -0.2) is 4.90 Å². The lowest BCUT2D eigenvalue weighted by Gasteiger charge is -2.35. The number of nitro groups is 1.